The second-order valence-electron chi connectivity index (χ2n) is 6.37. The molecule has 3 amide bonds. The van der Waals surface area contributed by atoms with Crippen LogP contribution < -0.4 is 20.9 Å². The molecule has 7 heteroatoms. The van der Waals surface area contributed by atoms with Crippen molar-refractivity contribution in [1.82, 2.24) is 16.2 Å². The summed E-state index contributed by atoms with van der Waals surface area (Å²) in [6.45, 7) is -0.194. The van der Waals surface area contributed by atoms with E-state index < -0.39 is 11.9 Å². The van der Waals surface area contributed by atoms with Crippen LogP contribution in [0.25, 0.3) is 10.8 Å². The summed E-state index contributed by atoms with van der Waals surface area (Å²) in [7, 11) is 0. The molecular formula is C19H22BrN3O3. The Morgan fingerprint density at radius 2 is 1.81 bits per heavy atom. The van der Waals surface area contributed by atoms with Crippen molar-refractivity contribution < 1.29 is 14.3 Å². The quantitative estimate of drug-likeness (QED) is 0.661. The molecule has 26 heavy (non-hydrogen) atoms. The summed E-state index contributed by atoms with van der Waals surface area (Å²) in [4.78, 5) is 23.7. The Bertz CT molecular complexity index is 791. The summed E-state index contributed by atoms with van der Waals surface area (Å²) < 4.78 is 6.36. The van der Waals surface area contributed by atoms with E-state index in [1.807, 2.05) is 36.4 Å². The minimum atomic E-state index is -0.427. The Morgan fingerprint density at radius 1 is 1.04 bits per heavy atom. The summed E-state index contributed by atoms with van der Waals surface area (Å²) in [5.41, 5.74) is 4.73. The first-order chi connectivity index (χ1) is 12.6. The highest BCUT2D eigenvalue weighted by molar-refractivity contribution is 9.10. The van der Waals surface area contributed by atoms with Gasteiger partial charge in [-0.15, -0.1) is 0 Å². The van der Waals surface area contributed by atoms with Crippen molar-refractivity contribution in [2.75, 3.05) is 6.61 Å². The number of carbonyl (C=O) groups excluding carboxylic acids is 2. The number of halogens is 1. The number of amides is 3. The number of carbonyl (C=O) groups is 2. The maximum absolute atomic E-state index is 11.9. The molecule has 3 rings (SSSR count). The summed E-state index contributed by atoms with van der Waals surface area (Å²) in [5, 5.41) is 4.95. The fourth-order valence-corrected chi connectivity index (χ4v) is 3.71. The molecule has 3 N–H and O–H groups in total. The standard InChI is InChI=1S/C19H22BrN3O3/c20-18-15-9-5-4-6-13(15)10-11-16(18)26-12-17(24)22-23-19(25)21-14-7-2-1-3-8-14/h4-6,9-11,14H,1-3,7-8,12H2,(H,22,24)(H2,21,23,25). The molecule has 2 aromatic rings. The maximum atomic E-state index is 11.9. The van der Waals surface area contributed by atoms with Gasteiger partial charge >= 0.3 is 6.03 Å². The van der Waals surface area contributed by atoms with Gasteiger partial charge < -0.3 is 10.1 Å². The van der Waals surface area contributed by atoms with Crippen molar-refractivity contribution in [2.24, 2.45) is 0 Å². The molecule has 1 aliphatic rings. The van der Waals surface area contributed by atoms with E-state index in [9.17, 15) is 9.59 Å². The van der Waals surface area contributed by atoms with E-state index in [0.717, 1.165) is 40.9 Å². The number of hydrogen-bond donors (Lipinski definition) is 3. The van der Waals surface area contributed by atoms with Gasteiger partial charge in [0.25, 0.3) is 5.91 Å². The first kappa shape index (κ1) is 18.5. The van der Waals surface area contributed by atoms with E-state index in [0.29, 0.717) is 5.75 Å². The van der Waals surface area contributed by atoms with Crippen LogP contribution in [0.3, 0.4) is 0 Å². The van der Waals surface area contributed by atoms with Crippen molar-refractivity contribution in [1.29, 1.82) is 0 Å². The molecule has 0 heterocycles. The van der Waals surface area contributed by atoms with Crippen LogP contribution in [0.1, 0.15) is 32.1 Å². The number of nitrogens with one attached hydrogen (secondary N) is 3. The van der Waals surface area contributed by atoms with Gasteiger partial charge in [0.2, 0.25) is 0 Å². The van der Waals surface area contributed by atoms with Gasteiger partial charge in [-0.1, -0.05) is 49.6 Å². The van der Waals surface area contributed by atoms with E-state index in [4.69, 9.17) is 4.74 Å². The lowest BCUT2D eigenvalue weighted by molar-refractivity contribution is -0.123. The molecule has 6 nitrogen and oxygen atoms in total. The largest absolute Gasteiger partial charge is 0.483 e. The van der Waals surface area contributed by atoms with E-state index in [2.05, 4.69) is 32.1 Å². The number of fused-ring (bicyclic) bond motifs is 1. The lowest BCUT2D eigenvalue weighted by atomic mass is 9.96. The Kier molecular flexibility index (Phi) is 6.33. The maximum Gasteiger partial charge on any atom is 0.333 e. The van der Waals surface area contributed by atoms with Crippen LogP contribution in [-0.4, -0.2) is 24.6 Å². The van der Waals surface area contributed by atoms with Gasteiger partial charge in [0.15, 0.2) is 6.61 Å². The van der Waals surface area contributed by atoms with Crippen molar-refractivity contribution in [3.63, 3.8) is 0 Å². The molecule has 1 saturated carbocycles. The molecule has 1 fully saturated rings. The predicted molar refractivity (Wildman–Crippen MR) is 104 cm³/mol. The van der Waals surface area contributed by atoms with Crippen molar-refractivity contribution in [3.8, 4) is 5.75 Å². The van der Waals surface area contributed by atoms with Crippen molar-refractivity contribution in [3.05, 3.63) is 40.9 Å². The third-order valence-electron chi connectivity index (χ3n) is 4.44. The minimum Gasteiger partial charge on any atom is -0.483 e. The molecule has 0 aliphatic heterocycles. The van der Waals surface area contributed by atoms with Crippen LogP contribution in [-0.2, 0) is 4.79 Å². The fraction of sp³-hybridized carbons (Fsp3) is 0.368. The predicted octanol–water partition coefficient (Wildman–Crippen LogP) is 3.64. The molecule has 0 unspecified atom stereocenters. The van der Waals surface area contributed by atoms with Gasteiger partial charge in [-0.25, -0.2) is 10.2 Å². The highest BCUT2D eigenvalue weighted by Crippen LogP contribution is 2.32. The highest BCUT2D eigenvalue weighted by atomic mass is 79.9. The third kappa shape index (κ3) is 4.88. The third-order valence-corrected chi connectivity index (χ3v) is 5.26. The minimum absolute atomic E-state index is 0.186. The second-order valence-corrected chi connectivity index (χ2v) is 7.16. The molecule has 2 aromatic carbocycles. The molecule has 0 saturated heterocycles. The molecule has 0 spiro atoms. The lowest BCUT2D eigenvalue weighted by Gasteiger charge is -2.22. The zero-order chi connectivity index (χ0) is 18.4. The molecule has 0 aromatic heterocycles. The van der Waals surface area contributed by atoms with Crippen LogP contribution in [0.2, 0.25) is 0 Å². The molecule has 0 bridgehead atoms. The normalized spacial score (nSPS) is 14.7. The Morgan fingerprint density at radius 3 is 2.62 bits per heavy atom. The van der Waals surface area contributed by atoms with E-state index >= 15 is 0 Å². The fourth-order valence-electron chi connectivity index (χ4n) is 3.10. The number of hydrazine groups is 1. The van der Waals surface area contributed by atoms with Crippen LogP contribution in [0.4, 0.5) is 4.79 Å². The Balaban J connectivity index is 1.45. The van der Waals surface area contributed by atoms with E-state index in [-0.39, 0.29) is 12.6 Å². The first-order valence-electron chi connectivity index (χ1n) is 8.79. The topological polar surface area (TPSA) is 79.5 Å². The van der Waals surface area contributed by atoms with E-state index in [1.54, 1.807) is 0 Å². The molecule has 0 atom stereocenters. The van der Waals surface area contributed by atoms with Crippen molar-refractivity contribution in [2.45, 2.75) is 38.1 Å². The van der Waals surface area contributed by atoms with Gasteiger partial charge in [0.05, 0.1) is 4.47 Å². The molecule has 138 valence electrons. The van der Waals surface area contributed by atoms with Crippen molar-refractivity contribution >= 4 is 38.6 Å². The van der Waals surface area contributed by atoms with E-state index in [1.165, 1.54) is 6.42 Å². The highest BCUT2D eigenvalue weighted by Gasteiger charge is 2.16. The van der Waals surface area contributed by atoms with Gasteiger partial charge in [-0.3, -0.25) is 10.2 Å². The summed E-state index contributed by atoms with van der Waals surface area (Å²) in [6, 6.07) is 11.4. The van der Waals surface area contributed by atoms with Crippen LogP contribution in [0, 0.1) is 0 Å². The summed E-state index contributed by atoms with van der Waals surface area (Å²) >= 11 is 3.51. The number of benzene rings is 2. The number of ether oxygens (including phenoxy) is 1. The van der Waals surface area contributed by atoms with Crippen LogP contribution >= 0.6 is 15.9 Å². The molecule has 1 aliphatic carbocycles. The second kappa shape index (κ2) is 8.89. The molecular weight excluding hydrogens is 398 g/mol. The average molecular weight is 420 g/mol. The number of urea groups is 1. The summed E-state index contributed by atoms with van der Waals surface area (Å²) in [5.74, 6) is 0.148. The SMILES string of the molecule is O=C(COc1ccc2ccccc2c1Br)NNC(=O)NC1CCCCC1. The van der Waals surface area contributed by atoms with Crippen LogP contribution in [0.15, 0.2) is 40.9 Å². The monoisotopic (exact) mass is 419 g/mol. The Hall–Kier alpha value is -2.28. The molecule has 0 radical (unpaired) electrons. The first-order valence-corrected chi connectivity index (χ1v) is 9.58. The lowest BCUT2D eigenvalue weighted by Crippen LogP contribution is -2.51. The number of hydrogen-bond acceptors (Lipinski definition) is 3. The van der Waals surface area contributed by atoms with Crippen LogP contribution in [0.5, 0.6) is 5.75 Å². The van der Waals surface area contributed by atoms with Gasteiger partial charge in [0.1, 0.15) is 5.75 Å². The zero-order valence-corrected chi connectivity index (χ0v) is 16.0. The zero-order valence-electron chi connectivity index (χ0n) is 14.4. The van der Waals surface area contributed by atoms with Gasteiger partial charge in [-0.05, 0) is 45.6 Å². The number of rotatable bonds is 4. The van der Waals surface area contributed by atoms with Gasteiger partial charge in [-0.2, -0.15) is 0 Å². The smallest absolute Gasteiger partial charge is 0.333 e. The Labute approximate surface area is 160 Å². The summed E-state index contributed by atoms with van der Waals surface area (Å²) in [6.07, 6.45) is 5.46. The van der Waals surface area contributed by atoms with Gasteiger partial charge in [0, 0.05) is 6.04 Å². The average Bonchev–Trinajstić information content (AvgIpc) is 2.67.